The first-order chi connectivity index (χ1) is 12.0. The average molecular weight is 342 g/mol. The molecular formula is C18H18N2O5. The van der Waals surface area contributed by atoms with Gasteiger partial charge < -0.3 is 19.9 Å². The summed E-state index contributed by atoms with van der Waals surface area (Å²) in [6, 6.07) is 8.86. The Hall–Kier alpha value is -3.22. The molecule has 0 unspecified atom stereocenters. The van der Waals surface area contributed by atoms with Crippen LogP contribution in [0.15, 0.2) is 36.4 Å². The highest BCUT2D eigenvalue weighted by Crippen LogP contribution is 2.36. The molecule has 3 rings (SSSR count). The number of ether oxygens (including phenoxy) is 2. The van der Waals surface area contributed by atoms with Crippen molar-refractivity contribution in [3.8, 4) is 17.2 Å². The van der Waals surface area contributed by atoms with Crippen LogP contribution in [0.5, 0.6) is 17.2 Å². The third kappa shape index (κ3) is 2.84. The smallest absolute Gasteiger partial charge is 0.261 e. The summed E-state index contributed by atoms with van der Waals surface area (Å²) in [7, 11) is 2.95. The summed E-state index contributed by atoms with van der Waals surface area (Å²) in [6.45, 7) is 1.64. The zero-order valence-electron chi connectivity index (χ0n) is 14.1. The lowest BCUT2D eigenvalue weighted by atomic mass is 10.1. The Labute approximate surface area is 144 Å². The fourth-order valence-corrected chi connectivity index (χ4v) is 2.76. The number of nitrogens with one attached hydrogen (secondary N) is 1. The van der Waals surface area contributed by atoms with Crippen molar-refractivity contribution in [1.29, 1.82) is 0 Å². The van der Waals surface area contributed by atoms with Gasteiger partial charge in [-0.1, -0.05) is 0 Å². The molecule has 0 aliphatic carbocycles. The number of amides is 2. The number of aromatic hydroxyl groups is 1. The first kappa shape index (κ1) is 16.6. The van der Waals surface area contributed by atoms with Gasteiger partial charge in [-0.2, -0.15) is 0 Å². The second kappa shape index (κ2) is 6.35. The lowest BCUT2D eigenvalue weighted by Crippen LogP contribution is -2.43. The summed E-state index contributed by atoms with van der Waals surface area (Å²) in [5.74, 6) is -0.0718. The Balaban J connectivity index is 2.12. The number of hydrogen-bond acceptors (Lipinski definition) is 5. The van der Waals surface area contributed by atoms with Crippen LogP contribution in [0, 0.1) is 0 Å². The number of methoxy groups -OCH3 is 2. The quantitative estimate of drug-likeness (QED) is 0.894. The van der Waals surface area contributed by atoms with E-state index >= 15 is 0 Å². The van der Waals surface area contributed by atoms with Crippen molar-refractivity contribution in [1.82, 2.24) is 0 Å². The van der Waals surface area contributed by atoms with Gasteiger partial charge in [-0.3, -0.25) is 14.5 Å². The molecule has 0 fully saturated rings. The molecule has 7 heteroatoms. The molecule has 0 saturated carbocycles. The number of rotatable bonds is 3. The van der Waals surface area contributed by atoms with E-state index in [0.29, 0.717) is 11.4 Å². The molecule has 7 nitrogen and oxygen atoms in total. The van der Waals surface area contributed by atoms with E-state index < -0.39 is 6.04 Å². The summed E-state index contributed by atoms with van der Waals surface area (Å²) < 4.78 is 10.2. The van der Waals surface area contributed by atoms with Crippen LogP contribution >= 0.6 is 0 Å². The van der Waals surface area contributed by atoms with Crippen molar-refractivity contribution >= 4 is 23.2 Å². The molecule has 2 amide bonds. The zero-order valence-corrected chi connectivity index (χ0v) is 14.1. The molecule has 0 bridgehead atoms. The second-order valence-electron chi connectivity index (χ2n) is 5.61. The third-order valence-electron chi connectivity index (χ3n) is 4.14. The SMILES string of the molecule is COc1ccc(N2C(=O)c3cc(OC)c(O)cc3NC(=O)[C@@H]2C)cc1. The summed E-state index contributed by atoms with van der Waals surface area (Å²) in [5, 5.41) is 12.6. The number of carbonyl (C=O) groups excluding carboxylic acids is 2. The topological polar surface area (TPSA) is 88.1 Å². The van der Waals surface area contributed by atoms with Crippen molar-refractivity contribution in [2.45, 2.75) is 13.0 Å². The van der Waals surface area contributed by atoms with Crippen LogP contribution in [0.25, 0.3) is 0 Å². The largest absolute Gasteiger partial charge is 0.504 e. The van der Waals surface area contributed by atoms with Gasteiger partial charge in [0, 0.05) is 11.8 Å². The van der Waals surface area contributed by atoms with Gasteiger partial charge in [-0.25, -0.2) is 0 Å². The monoisotopic (exact) mass is 342 g/mol. The minimum absolute atomic E-state index is 0.153. The molecule has 0 aromatic heterocycles. The summed E-state index contributed by atoms with van der Waals surface area (Å²) in [5.41, 5.74) is 1.05. The minimum Gasteiger partial charge on any atom is -0.504 e. The van der Waals surface area contributed by atoms with Gasteiger partial charge >= 0.3 is 0 Å². The number of carbonyl (C=O) groups is 2. The Morgan fingerprint density at radius 2 is 1.76 bits per heavy atom. The molecule has 2 aromatic rings. The molecule has 1 atom stereocenters. The predicted octanol–water partition coefficient (Wildman–Crippen LogP) is 2.40. The Bertz CT molecular complexity index is 832. The highest BCUT2D eigenvalue weighted by Gasteiger charge is 2.34. The predicted molar refractivity (Wildman–Crippen MR) is 92.6 cm³/mol. The summed E-state index contributed by atoms with van der Waals surface area (Å²) >= 11 is 0. The molecule has 1 heterocycles. The van der Waals surface area contributed by atoms with Crippen LogP contribution in [-0.2, 0) is 4.79 Å². The average Bonchev–Trinajstić information content (AvgIpc) is 2.70. The normalized spacial score (nSPS) is 16.8. The van der Waals surface area contributed by atoms with Gasteiger partial charge in [0.2, 0.25) is 5.91 Å². The van der Waals surface area contributed by atoms with Crippen molar-refractivity contribution in [2.24, 2.45) is 0 Å². The van der Waals surface area contributed by atoms with Gasteiger partial charge in [0.05, 0.1) is 25.5 Å². The highest BCUT2D eigenvalue weighted by atomic mass is 16.5. The molecule has 1 aliphatic rings. The van der Waals surface area contributed by atoms with Crippen molar-refractivity contribution < 1.29 is 24.2 Å². The van der Waals surface area contributed by atoms with Gasteiger partial charge in [-0.15, -0.1) is 0 Å². The molecule has 2 N–H and O–H groups in total. The number of nitrogens with zero attached hydrogens (tertiary/aromatic N) is 1. The van der Waals surface area contributed by atoms with E-state index in [2.05, 4.69) is 5.32 Å². The van der Waals surface area contributed by atoms with Crippen LogP contribution in [0.1, 0.15) is 17.3 Å². The van der Waals surface area contributed by atoms with Gasteiger partial charge in [0.15, 0.2) is 11.5 Å². The number of phenols is 1. The van der Waals surface area contributed by atoms with Crippen LogP contribution in [0.3, 0.4) is 0 Å². The molecule has 0 radical (unpaired) electrons. The maximum atomic E-state index is 13.1. The second-order valence-corrected chi connectivity index (χ2v) is 5.61. The number of fused-ring (bicyclic) bond motifs is 1. The maximum Gasteiger partial charge on any atom is 0.261 e. The van der Waals surface area contributed by atoms with Crippen molar-refractivity contribution in [3.63, 3.8) is 0 Å². The van der Waals surface area contributed by atoms with Gasteiger partial charge in [0.25, 0.3) is 5.91 Å². The van der Waals surface area contributed by atoms with Gasteiger partial charge in [0.1, 0.15) is 11.8 Å². The Morgan fingerprint density at radius 1 is 1.08 bits per heavy atom. The summed E-state index contributed by atoms with van der Waals surface area (Å²) in [6.07, 6.45) is 0. The van der Waals surface area contributed by atoms with Crippen LogP contribution < -0.4 is 19.7 Å². The third-order valence-corrected chi connectivity index (χ3v) is 4.14. The fraction of sp³-hybridized carbons (Fsp3) is 0.222. The standard InChI is InChI=1S/C18H18N2O5/c1-10-17(22)19-14-9-15(21)16(25-3)8-13(14)18(23)20(10)11-4-6-12(24-2)7-5-11/h4-10,21H,1-3H3,(H,19,22)/t10-/m0/s1. The first-order valence-electron chi connectivity index (χ1n) is 7.65. The van der Waals surface area contributed by atoms with Crippen LogP contribution in [0.2, 0.25) is 0 Å². The minimum atomic E-state index is -0.735. The maximum absolute atomic E-state index is 13.1. The van der Waals surface area contributed by atoms with Crippen molar-refractivity contribution in [2.75, 3.05) is 24.4 Å². The molecule has 0 spiro atoms. The van der Waals surface area contributed by atoms with Crippen LogP contribution in [-0.4, -0.2) is 37.2 Å². The van der Waals surface area contributed by atoms with Gasteiger partial charge in [-0.05, 0) is 37.3 Å². The molecule has 2 aromatic carbocycles. The molecule has 1 aliphatic heterocycles. The van der Waals surface area contributed by atoms with E-state index in [9.17, 15) is 14.7 Å². The van der Waals surface area contributed by atoms with Crippen LogP contribution in [0.4, 0.5) is 11.4 Å². The number of anilines is 2. The number of benzene rings is 2. The molecule has 130 valence electrons. The van der Waals surface area contributed by atoms with E-state index in [-0.39, 0.29) is 34.6 Å². The highest BCUT2D eigenvalue weighted by molar-refractivity contribution is 6.18. The lowest BCUT2D eigenvalue weighted by Gasteiger charge is -2.26. The lowest BCUT2D eigenvalue weighted by molar-refractivity contribution is -0.117. The van der Waals surface area contributed by atoms with E-state index in [1.807, 2.05) is 0 Å². The number of phenolic OH excluding ortho intramolecular Hbond substituents is 1. The zero-order chi connectivity index (χ0) is 18.1. The van der Waals surface area contributed by atoms with E-state index in [0.717, 1.165) is 0 Å². The fourth-order valence-electron chi connectivity index (χ4n) is 2.76. The van der Waals surface area contributed by atoms with E-state index in [1.165, 1.54) is 24.1 Å². The van der Waals surface area contributed by atoms with E-state index in [1.54, 1.807) is 38.3 Å². The molecular weight excluding hydrogens is 324 g/mol. The van der Waals surface area contributed by atoms with Crippen molar-refractivity contribution in [3.05, 3.63) is 42.0 Å². The Morgan fingerprint density at radius 3 is 2.36 bits per heavy atom. The molecule has 0 saturated heterocycles. The van der Waals surface area contributed by atoms with E-state index in [4.69, 9.17) is 9.47 Å². The first-order valence-corrected chi connectivity index (χ1v) is 7.65. The number of hydrogen-bond donors (Lipinski definition) is 2. The summed E-state index contributed by atoms with van der Waals surface area (Å²) in [4.78, 5) is 26.9. The molecule has 25 heavy (non-hydrogen) atoms. The Kier molecular flexibility index (Phi) is 4.22.